The highest BCUT2D eigenvalue weighted by molar-refractivity contribution is 9.10. The first-order valence-electron chi connectivity index (χ1n) is 9.03. The van der Waals surface area contributed by atoms with Crippen LogP contribution in [0.1, 0.15) is 26.3 Å². The predicted octanol–water partition coefficient (Wildman–Crippen LogP) is 5.58. The summed E-state index contributed by atoms with van der Waals surface area (Å²) in [5.74, 6) is 0.981. The summed E-state index contributed by atoms with van der Waals surface area (Å²) < 4.78 is 16.5. The van der Waals surface area contributed by atoms with Crippen molar-refractivity contribution in [1.82, 2.24) is 0 Å². The van der Waals surface area contributed by atoms with Gasteiger partial charge < -0.3 is 14.2 Å². The van der Waals surface area contributed by atoms with Crippen LogP contribution in [-0.4, -0.2) is 26.0 Å². The van der Waals surface area contributed by atoms with Gasteiger partial charge in [0.05, 0.1) is 19.8 Å². The standard InChI is InChI=1S/C24H19BrO5/c1-28-19-12-14-23(29-2)17(15-19)9-13-22(26)16-7-10-18(11-8-16)30-24(27)20-5-3-4-6-21(20)25/h3-15H,1-2H3. The molecule has 6 heteroatoms. The fraction of sp³-hybridized carbons (Fsp3) is 0.0833. The average molecular weight is 467 g/mol. The molecule has 0 heterocycles. The molecule has 3 rings (SSSR count). The van der Waals surface area contributed by atoms with E-state index in [1.165, 1.54) is 6.08 Å². The minimum absolute atomic E-state index is 0.191. The molecule has 0 saturated carbocycles. The van der Waals surface area contributed by atoms with Crippen LogP contribution in [-0.2, 0) is 0 Å². The first kappa shape index (κ1) is 21.3. The van der Waals surface area contributed by atoms with Crippen molar-refractivity contribution in [3.05, 3.63) is 94.0 Å². The van der Waals surface area contributed by atoms with Gasteiger partial charge in [-0.3, -0.25) is 4.79 Å². The van der Waals surface area contributed by atoms with Gasteiger partial charge in [0.1, 0.15) is 17.2 Å². The SMILES string of the molecule is COc1ccc(OC)c(C=CC(=O)c2ccc(OC(=O)c3ccccc3Br)cc2)c1. The van der Waals surface area contributed by atoms with Crippen molar-refractivity contribution in [1.29, 1.82) is 0 Å². The quantitative estimate of drug-likeness (QED) is 0.197. The van der Waals surface area contributed by atoms with Gasteiger partial charge in [0.25, 0.3) is 0 Å². The highest BCUT2D eigenvalue weighted by Gasteiger charge is 2.12. The van der Waals surface area contributed by atoms with Crippen LogP contribution in [0.3, 0.4) is 0 Å². The van der Waals surface area contributed by atoms with Gasteiger partial charge in [-0.25, -0.2) is 4.79 Å². The molecule has 5 nitrogen and oxygen atoms in total. The van der Waals surface area contributed by atoms with Crippen LogP contribution < -0.4 is 14.2 Å². The van der Waals surface area contributed by atoms with Gasteiger partial charge in [-0.15, -0.1) is 0 Å². The van der Waals surface area contributed by atoms with Crippen LogP contribution in [0, 0.1) is 0 Å². The first-order chi connectivity index (χ1) is 14.5. The van der Waals surface area contributed by atoms with E-state index in [9.17, 15) is 9.59 Å². The Morgan fingerprint density at radius 2 is 1.57 bits per heavy atom. The summed E-state index contributed by atoms with van der Waals surface area (Å²) in [7, 11) is 3.14. The molecule has 0 saturated heterocycles. The van der Waals surface area contributed by atoms with Crippen molar-refractivity contribution in [2.45, 2.75) is 0 Å². The van der Waals surface area contributed by atoms with E-state index in [0.717, 1.165) is 5.56 Å². The minimum Gasteiger partial charge on any atom is -0.497 e. The molecule has 3 aromatic rings. The molecule has 0 atom stereocenters. The fourth-order valence-electron chi connectivity index (χ4n) is 2.71. The maximum absolute atomic E-state index is 12.5. The second-order valence-electron chi connectivity index (χ2n) is 6.20. The van der Waals surface area contributed by atoms with Crippen molar-refractivity contribution in [3.63, 3.8) is 0 Å². The molecule has 0 aliphatic carbocycles. The van der Waals surface area contributed by atoms with Crippen LogP contribution in [0.2, 0.25) is 0 Å². The Balaban J connectivity index is 1.70. The summed E-state index contributed by atoms with van der Waals surface area (Å²) in [6.45, 7) is 0. The second kappa shape index (κ2) is 9.89. The molecular weight excluding hydrogens is 448 g/mol. The van der Waals surface area contributed by atoms with E-state index >= 15 is 0 Å². The van der Waals surface area contributed by atoms with Crippen molar-refractivity contribution in [3.8, 4) is 17.2 Å². The van der Waals surface area contributed by atoms with Crippen molar-refractivity contribution in [2.24, 2.45) is 0 Å². The Labute approximate surface area is 183 Å². The largest absolute Gasteiger partial charge is 0.497 e. The highest BCUT2D eigenvalue weighted by Crippen LogP contribution is 2.25. The van der Waals surface area contributed by atoms with Crippen LogP contribution in [0.15, 0.2) is 77.3 Å². The third-order valence-corrected chi connectivity index (χ3v) is 4.99. The minimum atomic E-state index is -0.480. The van der Waals surface area contributed by atoms with Gasteiger partial charge in [0.15, 0.2) is 5.78 Å². The van der Waals surface area contributed by atoms with Crippen molar-refractivity contribution < 1.29 is 23.8 Å². The summed E-state index contributed by atoms with van der Waals surface area (Å²) in [5, 5.41) is 0. The smallest absolute Gasteiger partial charge is 0.344 e. The van der Waals surface area contributed by atoms with Gasteiger partial charge in [0, 0.05) is 15.6 Å². The summed E-state index contributed by atoms with van der Waals surface area (Å²) in [5.41, 5.74) is 1.62. The normalized spacial score (nSPS) is 10.6. The number of hydrogen-bond acceptors (Lipinski definition) is 5. The number of carbonyl (C=O) groups is 2. The summed E-state index contributed by atoms with van der Waals surface area (Å²) in [6.07, 6.45) is 3.13. The Bertz CT molecular complexity index is 1090. The van der Waals surface area contributed by atoms with E-state index in [1.54, 1.807) is 81.0 Å². The number of ketones is 1. The molecule has 0 fully saturated rings. The number of halogens is 1. The van der Waals surface area contributed by atoms with E-state index in [-0.39, 0.29) is 5.78 Å². The molecule has 3 aromatic carbocycles. The Morgan fingerprint density at radius 1 is 0.867 bits per heavy atom. The van der Waals surface area contributed by atoms with E-state index in [1.807, 2.05) is 6.07 Å². The molecule has 0 amide bonds. The molecule has 0 aliphatic heterocycles. The lowest BCUT2D eigenvalue weighted by Gasteiger charge is -2.07. The third kappa shape index (κ3) is 5.15. The van der Waals surface area contributed by atoms with Gasteiger partial charge in [-0.05, 0) is 82.7 Å². The third-order valence-electron chi connectivity index (χ3n) is 4.29. The number of rotatable bonds is 7. The lowest BCUT2D eigenvalue weighted by Crippen LogP contribution is -2.09. The monoisotopic (exact) mass is 466 g/mol. The number of allylic oxidation sites excluding steroid dienone is 1. The molecular formula is C24H19BrO5. The lowest BCUT2D eigenvalue weighted by atomic mass is 10.1. The topological polar surface area (TPSA) is 61.8 Å². The van der Waals surface area contributed by atoms with Crippen molar-refractivity contribution >= 4 is 33.8 Å². The van der Waals surface area contributed by atoms with Crippen LogP contribution in [0.4, 0.5) is 0 Å². The van der Waals surface area contributed by atoms with Gasteiger partial charge in [0.2, 0.25) is 0 Å². The molecule has 0 aliphatic rings. The summed E-state index contributed by atoms with van der Waals surface area (Å²) in [6, 6.07) is 18.7. The number of methoxy groups -OCH3 is 2. The Kier molecular flexibility index (Phi) is 7.03. The maximum Gasteiger partial charge on any atom is 0.344 e. The number of benzene rings is 3. The van der Waals surface area contributed by atoms with E-state index in [4.69, 9.17) is 14.2 Å². The highest BCUT2D eigenvalue weighted by atomic mass is 79.9. The zero-order valence-corrected chi connectivity index (χ0v) is 18.0. The number of hydrogen-bond donors (Lipinski definition) is 0. The molecule has 0 spiro atoms. The predicted molar refractivity (Wildman–Crippen MR) is 118 cm³/mol. The molecule has 0 unspecified atom stereocenters. The first-order valence-corrected chi connectivity index (χ1v) is 9.82. The summed E-state index contributed by atoms with van der Waals surface area (Å²) >= 11 is 3.33. The Hall–Kier alpha value is -3.38. The van der Waals surface area contributed by atoms with Crippen LogP contribution in [0.25, 0.3) is 6.08 Å². The van der Waals surface area contributed by atoms with Crippen molar-refractivity contribution in [2.75, 3.05) is 14.2 Å². The number of ether oxygens (including phenoxy) is 3. The van der Waals surface area contributed by atoms with E-state index in [2.05, 4.69) is 15.9 Å². The fourth-order valence-corrected chi connectivity index (χ4v) is 3.15. The van der Waals surface area contributed by atoms with Crippen LogP contribution >= 0.6 is 15.9 Å². The number of esters is 1. The van der Waals surface area contributed by atoms with Gasteiger partial charge >= 0.3 is 5.97 Å². The number of carbonyl (C=O) groups excluding carboxylic acids is 2. The molecule has 0 radical (unpaired) electrons. The molecule has 0 bridgehead atoms. The molecule has 152 valence electrons. The van der Waals surface area contributed by atoms with Crippen LogP contribution in [0.5, 0.6) is 17.2 Å². The molecule has 0 N–H and O–H groups in total. The second-order valence-corrected chi connectivity index (χ2v) is 7.05. The average Bonchev–Trinajstić information content (AvgIpc) is 2.78. The van der Waals surface area contributed by atoms with E-state index < -0.39 is 5.97 Å². The Morgan fingerprint density at radius 3 is 2.23 bits per heavy atom. The lowest BCUT2D eigenvalue weighted by molar-refractivity contribution is 0.0733. The summed E-state index contributed by atoms with van der Waals surface area (Å²) in [4.78, 5) is 24.8. The molecule has 0 aromatic heterocycles. The maximum atomic E-state index is 12.5. The van der Waals surface area contributed by atoms with Gasteiger partial charge in [-0.2, -0.15) is 0 Å². The van der Waals surface area contributed by atoms with E-state index in [0.29, 0.717) is 32.8 Å². The zero-order valence-electron chi connectivity index (χ0n) is 16.4. The molecule has 30 heavy (non-hydrogen) atoms. The zero-order chi connectivity index (χ0) is 21.5. The van der Waals surface area contributed by atoms with Gasteiger partial charge in [-0.1, -0.05) is 12.1 Å².